The first-order valence-corrected chi connectivity index (χ1v) is 13.1. The number of nitrogens with two attached hydrogens (primary N) is 1. The van der Waals surface area contributed by atoms with Crippen LogP contribution in [-0.2, 0) is 14.4 Å². The van der Waals surface area contributed by atoms with Gasteiger partial charge in [-0.15, -0.1) is 0 Å². The molecule has 0 aliphatic carbocycles. The Kier molecular flexibility index (Phi) is 9.28. The molecular formula is C30H26F5N5O3. The fourth-order valence-corrected chi connectivity index (χ4v) is 5.08. The lowest BCUT2D eigenvalue weighted by molar-refractivity contribution is -0.144. The van der Waals surface area contributed by atoms with E-state index >= 15 is 0 Å². The Balaban J connectivity index is 1.74. The molecule has 0 spiro atoms. The first-order chi connectivity index (χ1) is 20.4. The molecule has 4 N–H and O–H groups in total. The van der Waals surface area contributed by atoms with Gasteiger partial charge in [0, 0.05) is 17.7 Å². The van der Waals surface area contributed by atoms with Crippen LogP contribution in [0.15, 0.2) is 72.8 Å². The highest BCUT2D eigenvalue weighted by atomic mass is 19.4. The van der Waals surface area contributed by atoms with Crippen LogP contribution < -0.4 is 21.3 Å². The Labute approximate surface area is 243 Å². The number of fused-ring (bicyclic) bond motifs is 1. The molecule has 3 amide bonds. The van der Waals surface area contributed by atoms with E-state index in [0.29, 0.717) is 5.69 Å². The predicted octanol–water partition coefficient (Wildman–Crippen LogP) is 5.30. The van der Waals surface area contributed by atoms with Crippen molar-refractivity contribution in [2.45, 2.75) is 37.4 Å². The molecule has 3 aromatic rings. The van der Waals surface area contributed by atoms with Gasteiger partial charge in [-0.1, -0.05) is 48.5 Å². The van der Waals surface area contributed by atoms with Crippen molar-refractivity contribution < 1.29 is 36.3 Å². The van der Waals surface area contributed by atoms with Crippen LogP contribution in [-0.4, -0.2) is 36.5 Å². The van der Waals surface area contributed by atoms with E-state index in [1.54, 1.807) is 18.2 Å². The summed E-state index contributed by atoms with van der Waals surface area (Å²) < 4.78 is 67.7. The van der Waals surface area contributed by atoms with E-state index < -0.39 is 66.6 Å². The third kappa shape index (κ3) is 7.27. The Morgan fingerprint density at radius 3 is 2.40 bits per heavy atom. The molecule has 0 bridgehead atoms. The summed E-state index contributed by atoms with van der Waals surface area (Å²) in [6, 6.07) is 18.1. The zero-order valence-corrected chi connectivity index (χ0v) is 22.4. The molecule has 0 aromatic heterocycles. The number of anilines is 3. The van der Waals surface area contributed by atoms with Crippen molar-refractivity contribution in [2.24, 2.45) is 11.7 Å². The van der Waals surface area contributed by atoms with Crippen molar-refractivity contribution in [3.05, 3.63) is 89.5 Å². The zero-order chi connectivity index (χ0) is 31.3. The van der Waals surface area contributed by atoms with Gasteiger partial charge < -0.3 is 21.3 Å². The van der Waals surface area contributed by atoms with Crippen molar-refractivity contribution in [1.29, 1.82) is 5.26 Å². The monoisotopic (exact) mass is 599 g/mol. The highest BCUT2D eigenvalue weighted by Crippen LogP contribution is 2.41. The number of rotatable bonds is 9. The normalized spacial score (nSPS) is 16.3. The second kappa shape index (κ2) is 12.9. The minimum Gasteiger partial charge on any atom is -0.369 e. The number of amides is 3. The Morgan fingerprint density at radius 1 is 1.07 bits per heavy atom. The molecule has 0 saturated carbocycles. The maximum atomic E-state index is 14.0. The Bertz CT molecular complexity index is 1540. The molecule has 43 heavy (non-hydrogen) atoms. The summed E-state index contributed by atoms with van der Waals surface area (Å²) in [4.78, 5) is 41.0. The SMILES string of the molecule is N#Cc1cccc(N2C[C@H](NC(=O)C(CCC(F)(F)F)[C@@H](C(N)=O)c3ccccc3)C(=O)Nc3c(C(F)F)cccc32)c1. The number of nitrogens with zero attached hydrogens (tertiary/aromatic N) is 2. The number of carbonyl (C=O) groups excluding carboxylic acids is 3. The number of hydrogen-bond acceptors (Lipinski definition) is 5. The first-order valence-electron chi connectivity index (χ1n) is 13.1. The van der Waals surface area contributed by atoms with Gasteiger partial charge in [0.2, 0.25) is 17.7 Å². The molecule has 0 radical (unpaired) electrons. The number of alkyl halides is 5. The zero-order valence-electron chi connectivity index (χ0n) is 22.4. The van der Waals surface area contributed by atoms with Crippen molar-refractivity contribution in [1.82, 2.24) is 5.32 Å². The summed E-state index contributed by atoms with van der Waals surface area (Å²) in [6.45, 7) is -0.343. The highest BCUT2D eigenvalue weighted by molar-refractivity contribution is 6.04. The van der Waals surface area contributed by atoms with Crippen molar-refractivity contribution >= 4 is 34.8 Å². The highest BCUT2D eigenvalue weighted by Gasteiger charge is 2.40. The van der Waals surface area contributed by atoms with E-state index in [0.717, 1.165) is 6.07 Å². The summed E-state index contributed by atoms with van der Waals surface area (Å²) in [7, 11) is 0. The standard InChI is InChI=1S/C30H26F5N5O3/c31-26(32)21-10-5-11-23-25(21)39-29(43)22(16-40(23)19-9-4-6-17(14-19)15-36)38-28(42)20(12-13-30(33,34)35)24(27(37)41)18-7-2-1-3-8-18/h1-11,14,20,22,24,26H,12-13,16H2,(H2,37,41)(H,38,42)(H,39,43)/t20?,22-,24-/m0/s1. The number of benzene rings is 3. The van der Waals surface area contributed by atoms with Crippen molar-refractivity contribution in [3.63, 3.8) is 0 Å². The molecule has 3 atom stereocenters. The molecule has 1 heterocycles. The fourth-order valence-electron chi connectivity index (χ4n) is 5.08. The fraction of sp³-hybridized carbons (Fsp3) is 0.267. The van der Waals surface area contributed by atoms with Gasteiger partial charge in [-0.3, -0.25) is 14.4 Å². The number of para-hydroxylation sites is 1. The van der Waals surface area contributed by atoms with Crippen LogP contribution in [0.5, 0.6) is 0 Å². The quantitative estimate of drug-likeness (QED) is 0.288. The number of hydrogen-bond donors (Lipinski definition) is 3. The summed E-state index contributed by atoms with van der Waals surface area (Å²) in [5, 5.41) is 14.3. The van der Waals surface area contributed by atoms with Crippen LogP contribution >= 0.6 is 0 Å². The third-order valence-corrected chi connectivity index (χ3v) is 7.08. The van der Waals surface area contributed by atoms with Crippen LogP contribution in [0.3, 0.4) is 0 Å². The maximum Gasteiger partial charge on any atom is 0.389 e. The van der Waals surface area contributed by atoms with Crippen molar-refractivity contribution in [3.8, 4) is 6.07 Å². The lowest BCUT2D eigenvalue weighted by atomic mass is 9.81. The molecule has 0 fully saturated rings. The third-order valence-electron chi connectivity index (χ3n) is 7.08. The van der Waals surface area contributed by atoms with Gasteiger partial charge in [-0.05, 0) is 36.2 Å². The molecule has 4 rings (SSSR count). The average molecular weight is 600 g/mol. The lowest BCUT2D eigenvalue weighted by Crippen LogP contribution is -2.51. The average Bonchev–Trinajstić information content (AvgIpc) is 3.10. The van der Waals surface area contributed by atoms with E-state index in [2.05, 4.69) is 10.6 Å². The predicted molar refractivity (Wildman–Crippen MR) is 147 cm³/mol. The lowest BCUT2D eigenvalue weighted by Gasteiger charge is -2.29. The second-order valence-corrected chi connectivity index (χ2v) is 9.92. The molecule has 1 unspecified atom stereocenters. The van der Waals surface area contributed by atoms with Crippen LogP contribution in [0.4, 0.5) is 39.0 Å². The minimum atomic E-state index is -4.66. The number of carbonyl (C=O) groups is 3. The Hall–Kier alpha value is -4.99. The van der Waals surface area contributed by atoms with Crippen LogP contribution in [0.1, 0.15) is 41.9 Å². The number of primary amides is 1. The van der Waals surface area contributed by atoms with Crippen LogP contribution in [0, 0.1) is 17.2 Å². The van der Waals surface area contributed by atoms with Gasteiger partial charge in [0.15, 0.2) is 0 Å². The number of nitriles is 1. The molecule has 224 valence electrons. The molecule has 1 aliphatic heterocycles. The van der Waals surface area contributed by atoms with E-state index in [1.165, 1.54) is 53.4 Å². The summed E-state index contributed by atoms with van der Waals surface area (Å²) in [5.41, 5.74) is 5.76. The number of halogens is 5. The molecule has 8 nitrogen and oxygen atoms in total. The molecule has 3 aromatic carbocycles. The second-order valence-electron chi connectivity index (χ2n) is 9.92. The van der Waals surface area contributed by atoms with E-state index in [4.69, 9.17) is 5.73 Å². The first kappa shape index (κ1) is 31.0. The largest absolute Gasteiger partial charge is 0.389 e. The molecule has 0 saturated heterocycles. The van der Waals surface area contributed by atoms with Crippen molar-refractivity contribution in [2.75, 3.05) is 16.8 Å². The summed E-state index contributed by atoms with van der Waals surface area (Å²) in [5.74, 6) is -6.08. The minimum absolute atomic E-state index is 0.144. The van der Waals surface area contributed by atoms with E-state index in [9.17, 15) is 41.6 Å². The molecule has 1 aliphatic rings. The van der Waals surface area contributed by atoms with E-state index in [1.807, 2.05) is 6.07 Å². The molecular weight excluding hydrogens is 573 g/mol. The summed E-state index contributed by atoms with van der Waals surface area (Å²) >= 11 is 0. The smallest absolute Gasteiger partial charge is 0.369 e. The summed E-state index contributed by atoms with van der Waals surface area (Å²) in [6.07, 6.45) is -9.86. The van der Waals surface area contributed by atoms with Crippen LogP contribution in [0.25, 0.3) is 0 Å². The topological polar surface area (TPSA) is 128 Å². The van der Waals surface area contributed by atoms with Gasteiger partial charge in [0.1, 0.15) is 6.04 Å². The van der Waals surface area contributed by atoms with Gasteiger partial charge in [-0.2, -0.15) is 18.4 Å². The number of nitrogens with one attached hydrogen (secondary N) is 2. The van der Waals surface area contributed by atoms with Gasteiger partial charge in [0.05, 0.1) is 41.4 Å². The van der Waals surface area contributed by atoms with E-state index in [-0.39, 0.29) is 29.0 Å². The van der Waals surface area contributed by atoms with Gasteiger partial charge in [-0.25, -0.2) is 8.78 Å². The van der Waals surface area contributed by atoms with Crippen LogP contribution in [0.2, 0.25) is 0 Å². The van der Waals surface area contributed by atoms with Gasteiger partial charge in [0.25, 0.3) is 6.43 Å². The van der Waals surface area contributed by atoms with Gasteiger partial charge >= 0.3 is 6.18 Å². The Morgan fingerprint density at radius 2 is 1.77 bits per heavy atom. The maximum absolute atomic E-state index is 14.0. The molecule has 13 heteroatoms.